The monoisotopic (exact) mass is 208 g/mol. The molecule has 0 spiro atoms. The Morgan fingerprint density at radius 1 is 1.47 bits per heavy atom. The van der Waals surface area contributed by atoms with Gasteiger partial charge in [-0.1, -0.05) is 0 Å². The molecule has 0 saturated heterocycles. The summed E-state index contributed by atoms with van der Waals surface area (Å²) in [6, 6.07) is 3.82. The van der Waals surface area contributed by atoms with E-state index in [0.29, 0.717) is 17.3 Å². The average Bonchev–Trinajstić information content (AvgIpc) is 2.16. The van der Waals surface area contributed by atoms with Crippen molar-refractivity contribution in [1.82, 2.24) is 4.98 Å². The lowest BCUT2D eigenvalue weighted by molar-refractivity contribution is 0.0599. The summed E-state index contributed by atoms with van der Waals surface area (Å²) in [5, 5.41) is 3.17. The fraction of sp³-hybridized carbons (Fsp3) is 0.455. The molecule has 0 aliphatic rings. The van der Waals surface area contributed by atoms with Crippen LogP contribution in [0, 0.1) is 6.92 Å². The van der Waals surface area contributed by atoms with E-state index in [0.717, 1.165) is 5.82 Å². The van der Waals surface area contributed by atoms with Crippen molar-refractivity contribution in [3.63, 3.8) is 0 Å². The van der Waals surface area contributed by atoms with E-state index < -0.39 is 0 Å². The number of hydrogen-bond acceptors (Lipinski definition) is 4. The summed E-state index contributed by atoms with van der Waals surface area (Å²) >= 11 is 0. The molecule has 1 aromatic rings. The third kappa shape index (κ3) is 2.94. The summed E-state index contributed by atoms with van der Waals surface area (Å²) in [6.07, 6.45) is 0. The van der Waals surface area contributed by atoms with Gasteiger partial charge >= 0.3 is 5.97 Å². The maximum Gasteiger partial charge on any atom is 0.339 e. The molecule has 4 heteroatoms. The summed E-state index contributed by atoms with van der Waals surface area (Å²) in [5.74, 6) is 0.422. The van der Waals surface area contributed by atoms with Crippen LogP contribution >= 0.6 is 0 Å². The number of nitrogens with one attached hydrogen (secondary N) is 1. The van der Waals surface area contributed by atoms with Crippen molar-refractivity contribution >= 4 is 11.8 Å². The molecule has 15 heavy (non-hydrogen) atoms. The lowest BCUT2D eigenvalue weighted by Gasteiger charge is -2.10. The highest BCUT2D eigenvalue weighted by Crippen LogP contribution is 2.12. The summed E-state index contributed by atoms with van der Waals surface area (Å²) in [4.78, 5) is 15.6. The van der Waals surface area contributed by atoms with E-state index in [4.69, 9.17) is 0 Å². The van der Waals surface area contributed by atoms with E-state index in [1.165, 1.54) is 7.11 Å². The van der Waals surface area contributed by atoms with Crippen LogP contribution in [0.25, 0.3) is 0 Å². The van der Waals surface area contributed by atoms with Crippen LogP contribution in [-0.2, 0) is 4.74 Å². The van der Waals surface area contributed by atoms with Gasteiger partial charge in [0.2, 0.25) is 0 Å². The van der Waals surface area contributed by atoms with Gasteiger partial charge in [-0.3, -0.25) is 0 Å². The second-order valence-corrected chi connectivity index (χ2v) is 3.62. The topological polar surface area (TPSA) is 51.2 Å². The van der Waals surface area contributed by atoms with Crippen molar-refractivity contribution < 1.29 is 9.53 Å². The lowest BCUT2D eigenvalue weighted by atomic mass is 10.2. The number of carbonyl (C=O) groups excluding carboxylic acids is 1. The van der Waals surface area contributed by atoms with Crippen molar-refractivity contribution in [2.24, 2.45) is 0 Å². The Balaban J connectivity index is 2.93. The number of rotatable bonds is 3. The highest BCUT2D eigenvalue weighted by molar-refractivity contribution is 5.90. The highest BCUT2D eigenvalue weighted by Gasteiger charge is 2.10. The van der Waals surface area contributed by atoms with Crippen molar-refractivity contribution in [1.29, 1.82) is 0 Å². The van der Waals surface area contributed by atoms with Gasteiger partial charge in [0.1, 0.15) is 5.82 Å². The second-order valence-electron chi connectivity index (χ2n) is 3.62. The number of pyridine rings is 1. The Kier molecular flexibility index (Phi) is 3.66. The van der Waals surface area contributed by atoms with Crippen LogP contribution in [0.3, 0.4) is 0 Å². The lowest BCUT2D eigenvalue weighted by Crippen LogP contribution is -2.13. The van der Waals surface area contributed by atoms with Gasteiger partial charge in [-0.05, 0) is 32.9 Å². The van der Waals surface area contributed by atoms with E-state index >= 15 is 0 Å². The smallest absolute Gasteiger partial charge is 0.339 e. The van der Waals surface area contributed by atoms with E-state index in [9.17, 15) is 4.79 Å². The second kappa shape index (κ2) is 4.77. The molecule has 4 nitrogen and oxygen atoms in total. The van der Waals surface area contributed by atoms with Crippen LogP contribution in [-0.4, -0.2) is 24.1 Å². The van der Waals surface area contributed by atoms with Crippen molar-refractivity contribution in [3.8, 4) is 0 Å². The maximum absolute atomic E-state index is 11.3. The van der Waals surface area contributed by atoms with Gasteiger partial charge in [-0.25, -0.2) is 9.78 Å². The predicted molar refractivity (Wildman–Crippen MR) is 59.1 cm³/mol. The van der Waals surface area contributed by atoms with E-state index in [1.54, 1.807) is 19.1 Å². The molecule has 1 N–H and O–H groups in total. The molecule has 0 aliphatic carbocycles. The molecule has 0 amide bonds. The minimum atomic E-state index is -0.351. The van der Waals surface area contributed by atoms with Gasteiger partial charge in [-0.2, -0.15) is 0 Å². The highest BCUT2D eigenvalue weighted by atomic mass is 16.5. The van der Waals surface area contributed by atoms with Gasteiger partial charge in [0.25, 0.3) is 0 Å². The van der Waals surface area contributed by atoms with E-state index in [2.05, 4.69) is 15.0 Å². The number of anilines is 1. The van der Waals surface area contributed by atoms with Crippen LogP contribution in [0.5, 0.6) is 0 Å². The van der Waals surface area contributed by atoms with Crippen LogP contribution < -0.4 is 5.32 Å². The predicted octanol–water partition coefficient (Wildman–Crippen LogP) is 2.00. The molecule has 0 saturated carbocycles. The third-order valence-corrected chi connectivity index (χ3v) is 1.93. The third-order valence-electron chi connectivity index (χ3n) is 1.93. The molecule has 82 valence electrons. The minimum Gasteiger partial charge on any atom is -0.465 e. The molecule has 0 aliphatic heterocycles. The molecule has 1 rings (SSSR count). The van der Waals surface area contributed by atoms with Crippen LogP contribution in [0.1, 0.15) is 29.9 Å². The fourth-order valence-electron chi connectivity index (χ4n) is 1.26. The van der Waals surface area contributed by atoms with Gasteiger partial charge in [0.15, 0.2) is 0 Å². The Bertz CT molecular complexity index is 362. The van der Waals surface area contributed by atoms with Crippen LogP contribution in [0.4, 0.5) is 5.82 Å². The Labute approximate surface area is 89.7 Å². The van der Waals surface area contributed by atoms with Gasteiger partial charge in [0, 0.05) is 6.04 Å². The molecule has 0 fully saturated rings. The number of carbonyl (C=O) groups is 1. The van der Waals surface area contributed by atoms with Crippen LogP contribution in [0.2, 0.25) is 0 Å². The van der Waals surface area contributed by atoms with Crippen LogP contribution in [0.15, 0.2) is 12.1 Å². The summed E-state index contributed by atoms with van der Waals surface area (Å²) in [6.45, 7) is 5.86. The van der Waals surface area contributed by atoms with E-state index in [1.807, 2.05) is 13.8 Å². The normalized spacial score (nSPS) is 10.2. The number of hydrogen-bond donors (Lipinski definition) is 1. The number of aryl methyl sites for hydroxylation is 1. The molecule has 1 heterocycles. The SMILES string of the molecule is COC(=O)c1ccc(NC(C)C)nc1C. The first-order valence-corrected chi connectivity index (χ1v) is 4.87. The zero-order chi connectivity index (χ0) is 11.4. The van der Waals surface area contributed by atoms with Crippen molar-refractivity contribution in [2.45, 2.75) is 26.8 Å². The quantitative estimate of drug-likeness (QED) is 0.772. The molecule has 0 unspecified atom stereocenters. The molecule has 0 atom stereocenters. The first-order valence-electron chi connectivity index (χ1n) is 4.87. The number of esters is 1. The van der Waals surface area contributed by atoms with Gasteiger partial charge in [0.05, 0.1) is 18.4 Å². The Hall–Kier alpha value is -1.58. The fourth-order valence-corrected chi connectivity index (χ4v) is 1.26. The van der Waals surface area contributed by atoms with Crippen molar-refractivity contribution in [3.05, 3.63) is 23.4 Å². The molecule has 0 aromatic carbocycles. The minimum absolute atomic E-state index is 0.320. The number of aromatic nitrogens is 1. The molecular weight excluding hydrogens is 192 g/mol. The molecule has 0 radical (unpaired) electrons. The largest absolute Gasteiger partial charge is 0.465 e. The zero-order valence-electron chi connectivity index (χ0n) is 9.50. The maximum atomic E-state index is 11.3. The summed E-state index contributed by atoms with van der Waals surface area (Å²) in [5.41, 5.74) is 1.18. The van der Waals surface area contributed by atoms with Gasteiger partial charge in [-0.15, -0.1) is 0 Å². The van der Waals surface area contributed by atoms with Crippen molar-refractivity contribution in [2.75, 3.05) is 12.4 Å². The molecule has 0 bridgehead atoms. The number of methoxy groups -OCH3 is 1. The number of ether oxygens (including phenoxy) is 1. The Morgan fingerprint density at radius 3 is 2.60 bits per heavy atom. The average molecular weight is 208 g/mol. The first kappa shape index (κ1) is 11.5. The van der Waals surface area contributed by atoms with Gasteiger partial charge < -0.3 is 10.1 Å². The number of nitrogens with zero attached hydrogens (tertiary/aromatic N) is 1. The summed E-state index contributed by atoms with van der Waals surface area (Å²) < 4.78 is 4.64. The summed E-state index contributed by atoms with van der Waals surface area (Å²) in [7, 11) is 1.36. The Morgan fingerprint density at radius 2 is 2.13 bits per heavy atom. The molecular formula is C11H16N2O2. The van der Waals surface area contributed by atoms with E-state index in [-0.39, 0.29) is 5.97 Å². The zero-order valence-corrected chi connectivity index (χ0v) is 9.50. The first-order chi connectivity index (χ1) is 7.04. The molecule has 1 aromatic heterocycles. The standard InChI is InChI=1S/C11H16N2O2/c1-7(2)12-10-6-5-9(8(3)13-10)11(14)15-4/h5-7H,1-4H3,(H,12,13).